The lowest BCUT2D eigenvalue weighted by atomic mass is 10.1. The molecule has 0 saturated heterocycles. The van der Waals surface area contributed by atoms with E-state index in [1.165, 1.54) is 21.5 Å². The molecular weight excluding hydrogens is 296 g/mol. The summed E-state index contributed by atoms with van der Waals surface area (Å²) in [5.74, 6) is 0. The summed E-state index contributed by atoms with van der Waals surface area (Å²) in [6.07, 6.45) is 0. The first kappa shape index (κ1) is 15.7. The third kappa shape index (κ3) is 3.14. The van der Waals surface area contributed by atoms with Crippen LogP contribution in [-0.4, -0.2) is 13.2 Å². The van der Waals surface area contributed by atoms with E-state index in [9.17, 15) is 5.11 Å². The summed E-state index contributed by atoms with van der Waals surface area (Å²) in [5.41, 5.74) is 3.54. The molecule has 3 aromatic rings. The van der Waals surface area contributed by atoms with Crippen molar-refractivity contribution in [1.29, 1.82) is 0 Å². The molecule has 1 N–H and O–H groups in total. The Hall–Kier alpha value is -2.16. The molecule has 0 fully saturated rings. The van der Waals surface area contributed by atoms with Crippen molar-refractivity contribution in [3.05, 3.63) is 84.4 Å². The third-order valence-electron chi connectivity index (χ3n) is 4.57. The Kier molecular flexibility index (Phi) is 4.46. The maximum absolute atomic E-state index is 9.64. The van der Waals surface area contributed by atoms with E-state index in [2.05, 4.69) is 73.8 Å². The Bertz CT molecular complexity index is 776. The lowest BCUT2D eigenvalue weighted by molar-refractivity contribution is 0.283. The fourth-order valence-electron chi connectivity index (χ4n) is 3.13. The molecule has 116 valence electrons. The number of aliphatic hydroxyl groups is 1. The van der Waals surface area contributed by atoms with Crippen molar-refractivity contribution in [2.45, 2.75) is 19.7 Å². The van der Waals surface area contributed by atoms with Gasteiger partial charge in [0, 0.05) is 0 Å². The third-order valence-corrected chi connectivity index (χ3v) is 8.19. The normalized spacial score (nSPS) is 11.4. The Labute approximate surface area is 139 Å². The Morgan fingerprint density at radius 3 is 1.91 bits per heavy atom. The average Bonchev–Trinajstić information content (AvgIpc) is 2.62. The molecule has 0 spiro atoms. The van der Waals surface area contributed by atoms with Crippen molar-refractivity contribution in [2.24, 2.45) is 0 Å². The van der Waals surface area contributed by atoms with E-state index in [-0.39, 0.29) is 6.61 Å². The Balaban J connectivity index is 1.98. The van der Waals surface area contributed by atoms with Gasteiger partial charge < -0.3 is 5.11 Å². The van der Waals surface area contributed by atoms with Gasteiger partial charge in [-0.3, -0.25) is 0 Å². The Morgan fingerprint density at radius 2 is 1.26 bits per heavy atom. The second-order valence-electron chi connectivity index (χ2n) is 6.38. The van der Waals surface area contributed by atoms with E-state index < -0.39 is 8.07 Å². The highest BCUT2D eigenvalue weighted by Crippen LogP contribution is 2.18. The van der Waals surface area contributed by atoms with Crippen molar-refractivity contribution in [2.75, 3.05) is 0 Å². The molecule has 0 radical (unpaired) electrons. The topological polar surface area (TPSA) is 20.2 Å². The maximum atomic E-state index is 9.64. The van der Waals surface area contributed by atoms with E-state index in [0.29, 0.717) is 0 Å². The molecule has 0 aliphatic rings. The SMILES string of the molecule is C[Si](C)(c1ccc(-c2ccccc2)cc1)c1ccccc1CO. The van der Waals surface area contributed by atoms with Gasteiger partial charge in [-0.05, 0) is 21.9 Å². The van der Waals surface area contributed by atoms with Gasteiger partial charge in [-0.2, -0.15) is 0 Å². The van der Waals surface area contributed by atoms with Crippen LogP contribution < -0.4 is 10.4 Å². The second kappa shape index (κ2) is 6.53. The standard InChI is InChI=1S/C21H22OSi/c1-23(2,21-11-7-6-10-19(21)16-22)20-14-12-18(13-15-20)17-8-4-3-5-9-17/h3-15,22H,16H2,1-2H3. The number of hydrogen-bond acceptors (Lipinski definition) is 1. The summed E-state index contributed by atoms with van der Waals surface area (Å²) in [4.78, 5) is 0. The summed E-state index contributed by atoms with van der Waals surface area (Å²) in [6, 6.07) is 27.6. The molecule has 23 heavy (non-hydrogen) atoms. The lowest BCUT2D eigenvalue weighted by Crippen LogP contribution is -2.54. The molecule has 3 rings (SSSR count). The smallest absolute Gasteiger partial charge is 0.112 e. The minimum absolute atomic E-state index is 0.106. The minimum Gasteiger partial charge on any atom is -0.392 e. The van der Waals surface area contributed by atoms with Crippen molar-refractivity contribution < 1.29 is 5.11 Å². The highest BCUT2D eigenvalue weighted by Gasteiger charge is 2.27. The summed E-state index contributed by atoms with van der Waals surface area (Å²) >= 11 is 0. The fraction of sp³-hybridized carbons (Fsp3) is 0.143. The van der Waals surface area contributed by atoms with E-state index in [1.54, 1.807) is 0 Å². The predicted octanol–water partition coefficient (Wildman–Crippen LogP) is 3.67. The molecule has 0 aliphatic heterocycles. The zero-order chi connectivity index (χ0) is 16.3. The van der Waals surface area contributed by atoms with Crippen LogP contribution in [-0.2, 0) is 6.61 Å². The summed E-state index contributed by atoms with van der Waals surface area (Å²) in [6.45, 7) is 4.80. The zero-order valence-electron chi connectivity index (χ0n) is 13.7. The largest absolute Gasteiger partial charge is 0.392 e. The first-order chi connectivity index (χ1) is 11.1. The van der Waals surface area contributed by atoms with Gasteiger partial charge in [0.05, 0.1) is 6.61 Å². The molecule has 0 amide bonds. The van der Waals surface area contributed by atoms with E-state index in [1.807, 2.05) is 18.2 Å². The van der Waals surface area contributed by atoms with Crippen molar-refractivity contribution in [3.8, 4) is 11.1 Å². The molecular formula is C21H22OSi. The average molecular weight is 318 g/mol. The van der Waals surface area contributed by atoms with Crippen molar-refractivity contribution in [3.63, 3.8) is 0 Å². The molecule has 2 heteroatoms. The van der Waals surface area contributed by atoms with E-state index in [4.69, 9.17) is 0 Å². The quantitative estimate of drug-likeness (QED) is 0.728. The summed E-state index contributed by atoms with van der Waals surface area (Å²) in [7, 11) is -1.80. The fourth-order valence-corrected chi connectivity index (χ4v) is 5.92. The van der Waals surface area contributed by atoms with Crippen LogP contribution >= 0.6 is 0 Å². The van der Waals surface area contributed by atoms with Gasteiger partial charge in [0.25, 0.3) is 0 Å². The van der Waals surface area contributed by atoms with Crippen LogP contribution in [0.1, 0.15) is 5.56 Å². The van der Waals surface area contributed by atoms with Crippen molar-refractivity contribution >= 4 is 18.4 Å². The molecule has 1 nitrogen and oxygen atoms in total. The van der Waals surface area contributed by atoms with E-state index in [0.717, 1.165) is 5.56 Å². The van der Waals surface area contributed by atoms with Gasteiger partial charge in [0.1, 0.15) is 8.07 Å². The number of hydrogen-bond donors (Lipinski definition) is 1. The van der Waals surface area contributed by atoms with Crippen LogP contribution in [0, 0.1) is 0 Å². The molecule has 0 unspecified atom stereocenters. The monoisotopic (exact) mass is 318 g/mol. The van der Waals surface area contributed by atoms with Gasteiger partial charge >= 0.3 is 0 Å². The molecule has 0 saturated carbocycles. The van der Waals surface area contributed by atoms with Crippen LogP contribution in [0.15, 0.2) is 78.9 Å². The van der Waals surface area contributed by atoms with Gasteiger partial charge in [-0.15, -0.1) is 0 Å². The summed E-state index contributed by atoms with van der Waals surface area (Å²) < 4.78 is 0. The maximum Gasteiger partial charge on any atom is 0.112 e. The molecule has 0 aliphatic carbocycles. The highest BCUT2D eigenvalue weighted by atomic mass is 28.3. The van der Waals surface area contributed by atoms with Crippen LogP contribution in [0.25, 0.3) is 11.1 Å². The van der Waals surface area contributed by atoms with Crippen LogP contribution in [0.5, 0.6) is 0 Å². The first-order valence-corrected chi connectivity index (χ1v) is 11.0. The molecule has 0 aromatic heterocycles. The summed E-state index contributed by atoms with van der Waals surface area (Å²) in [5, 5.41) is 12.3. The molecule has 3 aromatic carbocycles. The first-order valence-electron chi connectivity index (χ1n) is 7.98. The second-order valence-corrected chi connectivity index (χ2v) is 10.7. The predicted molar refractivity (Wildman–Crippen MR) is 101 cm³/mol. The molecule has 0 heterocycles. The van der Waals surface area contributed by atoms with E-state index >= 15 is 0 Å². The van der Waals surface area contributed by atoms with Crippen LogP contribution in [0.2, 0.25) is 13.1 Å². The van der Waals surface area contributed by atoms with Crippen LogP contribution in [0.3, 0.4) is 0 Å². The van der Waals surface area contributed by atoms with Crippen molar-refractivity contribution in [1.82, 2.24) is 0 Å². The molecule has 0 bridgehead atoms. The number of rotatable bonds is 4. The lowest BCUT2D eigenvalue weighted by Gasteiger charge is -2.26. The van der Waals surface area contributed by atoms with Gasteiger partial charge in [-0.1, -0.05) is 97.1 Å². The number of benzene rings is 3. The molecule has 0 atom stereocenters. The number of aliphatic hydroxyl groups excluding tert-OH is 1. The zero-order valence-corrected chi connectivity index (χ0v) is 14.7. The minimum atomic E-state index is -1.80. The Morgan fingerprint density at radius 1 is 0.696 bits per heavy atom. The van der Waals surface area contributed by atoms with Gasteiger partial charge in [0.2, 0.25) is 0 Å². The van der Waals surface area contributed by atoms with Gasteiger partial charge in [-0.25, -0.2) is 0 Å². The van der Waals surface area contributed by atoms with Crippen LogP contribution in [0.4, 0.5) is 0 Å². The highest BCUT2D eigenvalue weighted by molar-refractivity contribution is 7.00. The van der Waals surface area contributed by atoms with Gasteiger partial charge in [0.15, 0.2) is 0 Å².